The zero-order valence-electron chi connectivity index (χ0n) is 10.3. The number of urea groups is 1. The number of carbonyl (C=O) groups excluding carboxylic acids is 1. The fourth-order valence-corrected chi connectivity index (χ4v) is 1.65. The Bertz CT molecular complexity index is 482. The molecule has 0 spiro atoms. The first-order chi connectivity index (χ1) is 8.95. The Morgan fingerprint density at radius 2 is 2.16 bits per heavy atom. The summed E-state index contributed by atoms with van der Waals surface area (Å²) in [7, 11) is 0. The number of nitrogens with zero attached hydrogens (tertiary/aromatic N) is 1. The number of carbonyl (C=O) groups is 2. The van der Waals surface area contributed by atoms with Crippen molar-refractivity contribution in [3.05, 3.63) is 29.0 Å². The van der Waals surface area contributed by atoms with Gasteiger partial charge >= 0.3 is 12.0 Å². The molecule has 1 aromatic carbocycles. The molecule has 5 nitrogen and oxygen atoms in total. The van der Waals surface area contributed by atoms with E-state index in [1.165, 1.54) is 18.2 Å². The van der Waals surface area contributed by atoms with E-state index in [0.717, 1.165) is 4.90 Å². The topological polar surface area (TPSA) is 69.6 Å². The van der Waals surface area contributed by atoms with Crippen molar-refractivity contribution in [2.45, 2.75) is 13.3 Å². The predicted molar refractivity (Wildman–Crippen MR) is 69.9 cm³/mol. The molecule has 19 heavy (non-hydrogen) atoms. The summed E-state index contributed by atoms with van der Waals surface area (Å²) >= 11 is 5.59. The number of hydrogen-bond acceptors (Lipinski definition) is 2. The lowest BCUT2D eigenvalue weighted by atomic mass is 10.3. The maximum atomic E-state index is 13.6. The van der Waals surface area contributed by atoms with Crippen LogP contribution in [0.1, 0.15) is 13.3 Å². The molecule has 0 heterocycles. The third-order valence-electron chi connectivity index (χ3n) is 2.30. The van der Waals surface area contributed by atoms with Crippen molar-refractivity contribution < 1.29 is 19.1 Å². The zero-order valence-corrected chi connectivity index (χ0v) is 11.1. The Labute approximate surface area is 115 Å². The van der Waals surface area contributed by atoms with Crippen molar-refractivity contribution in [1.82, 2.24) is 4.90 Å². The van der Waals surface area contributed by atoms with Crippen molar-refractivity contribution in [2.75, 3.05) is 18.4 Å². The summed E-state index contributed by atoms with van der Waals surface area (Å²) in [5, 5.41) is 10.9. The molecule has 0 aliphatic heterocycles. The number of rotatable bonds is 5. The monoisotopic (exact) mass is 288 g/mol. The minimum absolute atomic E-state index is 0.0796. The number of nitrogens with one attached hydrogen (secondary N) is 1. The summed E-state index contributed by atoms with van der Waals surface area (Å²) < 4.78 is 13.6. The average Bonchev–Trinajstić information content (AvgIpc) is 2.34. The van der Waals surface area contributed by atoms with E-state index < -0.39 is 24.4 Å². The normalized spacial score (nSPS) is 10.1. The molecule has 2 N–H and O–H groups in total. The maximum Gasteiger partial charge on any atom is 0.323 e. The molecule has 0 fully saturated rings. The number of carboxylic acid groups (broad SMARTS) is 1. The van der Waals surface area contributed by atoms with E-state index in [0.29, 0.717) is 6.42 Å². The molecule has 0 aliphatic rings. The second kappa shape index (κ2) is 6.94. The van der Waals surface area contributed by atoms with Crippen LogP contribution in [-0.2, 0) is 4.79 Å². The fourth-order valence-electron chi connectivity index (χ4n) is 1.48. The lowest BCUT2D eigenvalue weighted by molar-refractivity contribution is -0.137. The van der Waals surface area contributed by atoms with Crippen LogP contribution in [0.3, 0.4) is 0 Å². The van der Waals surface area contributed by atoms with Gasteiger partial charge < -0.3 is 15.3 Å². The molecule has 0 aliphatic carbocycles. The number of aliphatic carboxylic acids is 1. The average molecular weight is 289 g/mol. The van der Waals surface area contributed by atoms with Gasteiger partial charge in [-0.2, -0.15) is 0 Å². The first kappa shape index (κ1) is 15.2. The molecule has 0 aromatic heterocycles. The van der Waals surface area contributed by atoms with Gasteiger partial charge in [0.25, 0.3) is 0 Å². The lowest BCUT2D eigenvalue weighted by Gasteiger charge is -2.20. The van der Waals surface area contributed by atoms with Crippen LogP contribution in [0.15, 0.2) is 18.2 Å². The standard InChI is InChI=1S/C12H14ClFN2O3/c1-2-6-16(7-10(17)18)12(19)15-9-5-3-4-8(13)11(9)14/h3-5H,2,6-7H2,1H3,(H,15,19)(H,17,18). The molecule has 0 atom stereocenters. The highest BCUT2D eigenvalue weighted by Gasteiger charge is 2.17. The smallest absolute Gasteiger partial charge is 0.323 e. The molecule has 104 valence electrons. The summed E-state index contributed by atoms with van der Waals surface area (Å²) in [5.41, 5.74) is -0.0796. The van der Waals surface area contributed by atoms with Gasteiger partial charge in [-0.25, -0.2) is 9.18 Å². The van der Waals surface area contributed by atoms with Gasteiger partial charge in [-0.3, -0.25) is 4.79 Å². The third kappa shape index (κ3) is 4.40. The van der Waals surface area contributed by atoms with E-state index in [1.54, 1.807) is 0 Å². The summed E-state index contributed by atoms with van der Waals surface area (Å²) in [6.45, 7) is 1.63. The second-order valence-electron chi connectivity index (χ2n) is 3.85. The van der Waals surface area contributed by atoms with Crippen molar-refractivity contribution in [3.63, 3.8) is 0 Å². The Kier molecular flexibility index (Phi) is 5.57. The molecule has 0 unspecified atom stereocenters. The summed E-state index contributed by atoms with van der Waals surface area (Å²) in [6.07, 6.45) is 0.596. The van der Waals surface area contributed by atoms with Crippen LogP contribution in [0.25, 0.3) is 0 Å². The molecule has 0 radical (unpaired) electrons. The van der Waals surface area contributed by atoms with Gasteiger partial charge in [0.2, 0.25) is 0 Å². The molecule has 1 aromatic rings. The quantitative estimate of drug-likeness (QED) is 0.875. The number of anilines is 1. The minimum atomic E-state index is -1.13. The number of benzene rings is 1. The summed E-state index contributed by atoms with van der Waals surface area (Å²) in [4.78, 5) is 23.6. The SMILES string of the molecule is CCCN(CC(=O)O)C(=O)Nc1cccc(Cl)c1F. The number of carboxylic acids is 1. The molecule has 0 saturated heterocycles. The van der Waals surface area contributed by atoms with E-state index in [-0.39, 0.29) is 17.3 Å². The second-order valence-corrected chi connectivity index (χ2v) is 4.25. The summed E-state index contributed by atoms with van der Waals surface area (Å²) in [6, 6.07) is 3.52. The highest BCUT2D eigenvalue weighted by atomic mass is 35.5. The lowest BCUT2D eigenvalue weighted by Crippen LogP contribution is -2.39. The predicted octanol–water partition coefficient (Wildman–Crippen LogP) is 2.81. The van der Waals surface area contributed by atoms with Gasteiger partial charge in [-0.1, -0.05) is 24.6 Å². The number of hydrogen-bond donors (Lipinski definition) is 2. The first-order valence-electron chi connectivity index (χ1n) is 5.67. The van der Waals surface area contributed by atoms with Crippen LogP contribution >= 0.6 is 11.6 Å². The van der Waals surface area contributed by atoms with Gasteiger partial charge in [0.05, 0.1) is 10.7 Å². The largest absolute Gasteiger partial charge is 0.480 e. The highest BCUT2D eigenvalue weighted by molar-refractivity contribution is 6.31. The third-order valence-corrected chi connectivity index (χ3v) is 2.59. The molecule has 1 rings (SSSR count). The van der Waals surface area contributed by atoms with E-state index in [4.69, 9.17) is 16.7 Å². The Balaban J connectivity index is 2.81. The highest BCUT2D eigenvalue weighted by Crippen LogP contribution is 2.22. The molecule has 2 amide bonds. The van der Waals surface area contributed by atoms with E-state index >= 15 is 0 Å². The van der Waals surface area contributed by atoms with Crippen LogP contribution in [0.5, 0.6) is 0 Å². The minimum Gasteiger partial charge on any atom is -0.480 e. The number of amides is 2. The maximum absolute atomic E-state index is 13.6. The van der Waals surface area contributed by atoms with Crippen molar-refractivity contribution in [2.24, 2.45) is 0 Å². The zero-order chi connectivity index (χ0) is 14.4. The Hall–Kier alpha value is -1.82. The van der Waals surface area contributed by atoms with Crippen LogP contribution in [-0.4, -0.2) is 35.1 Å². The van der Waals surface area contributed by atoms with Gasteiger partial charge in [0, 0.05) is 6.54 Å². The number of halogens is 2. The molecular formula is C12H14ClFN2O3. The van der Waals surface area contributed by atoms with Gasteiger partial charge in [-0.15, -0.1) is 0 Å². The van der Waals surface area contributed by atoms with Gasteiger partial charge in [0.15, 0.2) is 5.82 Å². The van der Waals surface area contributed by atoms with E-state index in [9.17, 15) is 14.0 Å². The first-order valence-corrected chi connectivity index (χ1v) is 6.05. The van der Waals surface area contributed by atoms with Crippen molar-refractivity contribution in [1.29, 1.82) is 0 Å². The van der Waals surface area contributed by atoms with Crippen LogP contribution in [0.4, 0.5) is 14.9 Å². The van der Waals surface area contributed by atoms with Gasteiger partial charge in [0.1, 0.15) is 6.54 Å². The van der Waals surface area contributed by atoms with Crippen LogP contribution < -0.4 is 5.32 Å². The van der Waals surface area contributed by atoms with E-state index in [1.807, 2.05) is 6.92 Å². The van der Waals surface area contributed by atoms with Crippen molar-refractivity contribution >= 4 is 29.3 Å². The van der Waals surface area contributed by atoms with Crippen LogP contribution in [0, 0.1) is 5.82 Å². The molecule has 0 bridgehead atoms. The molecular weight excluding hydrogens is 275 g/mol. The van der Waals surface area contributed by atoms with Gasteiger partial charge in [-0.05, 0) is 18.6 Å². The van der Waals surface area contributed by atoms with Crippen LogP contribution in [0.2, 0.25) is 5.02 Å². The fraction of sp³-hybridized carbons (Fsp3) is 0.333. The molecule has 7 heteroatoms. The van der Waals surface area contributed by atoms with E-state index in [2.05, 4.69) is 5.32 Å². The molecule has 0 saturated carbocycles. The van der Waals surface area contributed by atoms with Crippen molar-refractivity contribution in [3.8, 4) is 0 Å². The Morgan fingerprint density at radius 1 is 1.47 bits per heavy atom. The summed E-state index contributed by atoms with van der Waals surface area (Å²) in [5.74, 6) is -1.88. The Morgan fingerprint density at radius 3 is 2.74 bits per heavy atom.